The van der Waals surface area contributed by atoms with Gasteiger partial charge in [-0.1, -0.05) is 24.3 Å². The molecule has 1 aliphatic heterocycles. The van der Waals surface area contributed by atoms with Gasteiger partial charge in [0.25, 0.3) is 0 Å². The number of halogens is 1. The van der Waals surface area contributed by atoms with E-state index in [4.69, 9.17) is 5.10 Å². The summed E-state index contributed by atoms with van der Waals surface area (Å²) in [4.78, 5) is 21.3. The number of rotatable bonds is 7. The standard InChI is InChI=1S/C29H29FN6O/c1-34(2)16-6-9-27(37)35-17-18-36-25(20-35)28(29(33-36)21-10-12-23(30)13-11-21)22-14-15-31-26(19-22)32-24-7-4-3-5-8-24/h3-15,19H,16-18,20H2,1-2H3,(H,31,32)/b9-6+. The molecule has 4 aromatic rings. The molecule has 5 rings (SSSR count). The zero-order chi connectivity index (χ0) is 25.8. The van der Waals surface area contributed by atoms with Gasteiger partial charge in [-0.15, -0.1) is 0 Å². The highest BCUT2D eigenvalue weighted by atomic mass is 19.1. The van der Waals surface area contributed by atoms with Gasteiger partial charge in [0.1, 0.15) is 17.3 Å². The Labute approximate surface area is 215 Å². The molecular weight excluding hydrogens is 467 g/mol. The van der Waals surface area contributed by atoms with Crippen LogP contribution in [0.2, 0.25) is 0 Å². The van der Waals surface area contributed by atoms with Crippen molar-refractivity contribution in [2.75, 3.05) is 32.5 Å². The maximum absolute atomic E-state index is 13.7. The summed E-state index contributed by atoms with van der Waals surface area (Å²) < 4.78 is 15.7. The number of pyridine rings is 1. The maximum Gasteiger partial charge on any atom is 0.246 e. The first-order valence-electron chi connectivity index (χ1n) is 12.2. The zero-order valence-electron chi connectivity index (χ0n) is 20.9. The fourth-order valence-electron chi connectivity index (χ4n) is 4.41. The van der Waals surface area contributed by atoms with Crippen molar-refractivity contribution in [1.82, 2.24) is 24.6 Å². The lowest BCUT2D eigenvalue weighted by molar-refractivity contribution is -0.127. The van der Waals surface area contributed by atoms with Crippen LogP contribution in [0.3, 0.4) is 0 Å². The lowest BCUT2D eigenvalue weighted by Gasteiger charge is -2.27. The van der Waals surface area contributed by atoms with Crippen LogP contribution in [0.4, 0.5) is 15.9 Å². The summed E-state index contributed by atoms with van der Waals surface area (Å²) in [5.74, 6) is 0.377. The van der Waals surface area contributed by atoms with E-state index in [-0.39, 0.29) is 11.7 Å². The molecule has 0 bridgehead atoms. The molecule has 2 aromatic heterocycles. The third kappa shape index (κ3) is 5.59. The lowest BCUT2D eigenvalue weighted by atomic mass is 9.98. The molecule has 0 saturated heterocycles. The number of hydrogen-bond donors (Lipinski definition) is 1. The minimum atomic E-state index is -0.297. The summed E-state index contributed by atoms with van der Waals surface area (Å²) in [7, 11) is 3.93. The van der Waals surface area contributed by atoms with E-state index < -0.39 is 0 Å². The first-order valence-corrected chi connectivity index (χ1v) is 12.2. The number of anilines is 2. The van der Waals surface area contributed by atoms with Crippen LogP contribution in [-0.4, -0.2) is 57.7 Å². The molecule has 7 nitrogen and oxygen atoms in total. The van der Waals surface area contributed by atoms with Gasteiger partial charge in [0.2, 0.25) is 5.91 Å². The minimum Gasteiger partial charge on any atom is -0.340 e. The molecule has 0 aliphatic carbocycles. The van der Waals surface area contributed by atoms with Gasteiger partial charge in [-0.05, 0) is 68.2 Å². The molecule has 0 saturated carbocycles. The summed E-state index contributed by atoms with van der Waals surface area (Å²) in [5, 5.41) is 8.26. The van der Waals surface area contributed by atoms with Gasteiger partial charge in [0.15, 0.2) is 0 Å². The first kappa shape index (κ1) is 24.4. The van der Waals surface area contributed by atoms with Crippen LogP contribution in [0, 0.1) is 5.82 Å². The molecule has 0 unspecified atom stereocenters. The molecule has 188 valence electrons. The monoisotopic (exact) mass is 496 g/mol. The van der Waals surface area contributed by atoms with Crippen LogP contribution in [0.1, 0.15) is 5.69 Å². The Morgan fingerprint density at radius 1 is 1.05 bits per heavy atom. The molecule has 0 fully saturated rings. The molecule has 3 heterocycles. The second-order valence-electron chi connectivity index (χ2n) is 9.25. The maximum atomic E-state index is 13.7. The Hall–Kier alpha value is -4.30. The highest BCUT2D eigenvalue weighted by molar-refractivity contribution is 5.89. The van der Waals surface area contributed by atoms with Crippen LogP contribution >= 0.6 is 0 Å². The average molecular weight is 497 g/mol. The largest absolute Gasteiger partial charge is 0.340 e. The third-order valence-corrected chi connectivity index (χ3v) is 6.24. The van der Waals surface area contributed by atoms with Crippen molar-refractivity contribution < 1.29 is 9.18 Å². The molecule has 0 atom stereocenters. The number of likely N-dealkylation sites (N-methyl/N-ethyl adjacent to an activating group) is 1. The number of benzene rings is 2. The predicted octanol–water partition coefficient (Wildman–Crippen LogP) is 4.95. The summed E-state index contributed by atoms with van der Waals surface area (Å²) in [6.45, 7) is 2.28. The van der Waals surface area contributed by atoms with Crippen LogP contribution in [0.5, 0.6) is 0 Å². The third-order valence-electron chi connectivity index (χ3n) is 6.24. The van der Waals surface area contributed by atoms with Crippen molar-refractivity contribution in [3.8, 4) is 22.4 Å². The number of carbonyl (C=O) groups is 1. The van der Waals surface area contributed by atoms with Crippen molar-refractivity contribution in [2.24, 2.45) is 0 Å². The first-order chi connectivity index (χ1) is 18.0. The van der Waals surface area contributed by atoms with E-state index in [1.807, 2.05) is 77.1 Å². The van der Waals surface area contributed by atoms with Gasteiger partial charge in [0, 0.05) is 42.2 Å². The Balaban J connectivity index is 1.53. The number of hydrogen-bond acceptors (Lipinski definition) is 5. The fourth-order valence-corrected chi connectivity index (χ4v) is 4.41. The summed E-state index contributed by atoms with van der Waals surface area (Å²) in [6.07, 6.45) is 5.28. The Kier molecular flexibility index (Phi) is 7.09. The van der Waals surface area contributed by atoms with Gasteiger partial charge in [0.05, 0.1) is 18.8 Å². The summed E-state index contributed by atoms with van der Waals surface area (Å²) in [6, 6.07) is 20.1. The Morgan fingerprint density at radius 3 is 2.59 bits per heavy atom. The van der Waals surface area contributed by atoms with Crippen molar-refractivity contribution in [1.29, 1.82) is 0 Å². The van der Waals surface area contributed by atoms with Crippen LogP contribution in [0.15, 0.2) is 85.1 Å². The lowest BCUT2D eigenvalue weighted by Crippen LogP contribution is -2.37. The summed E-state index contributed by atoms with van der Waals surface area (Å²) in [5.41, 5.74) is 5.29. The molecule has 8 heteroatoms. The van der Waals surface area contributed by atoms with E-state index in [0.29, 0.717) is 32.0 Å². The number of aromatic nitrogens is 3. The van der Waals surface area contributed by atoms with E-state index in [1.54, 1.807) is 24.4 Å². The second kappa shape index (κ2) is 10.8. The van der Waals surface area contributed by atoms with Crippen molar-refractivity contribution in [3.63, 3.8) is 0 Å². The topological polar surface area (TPSA) is 66.3 Å². The van der Waals surface area contributed by atoms with Crippen LogP contribution in [0.25, 0.3) is 22.4 Å². The summed E-state index contributed by atoms with van der Waals surface area (Å²) >= 11 is 0. The van der Waals surface area contributed by atoms with E-state index in [1.165, 1.54) is 12.1 Å². The van der Waals surface area contributed by atoms with Crippen molar-refractivity contribution in [3.05, 3.63) is 96.6 Å². The van der Waals surface area contributed by atoms with Crippen molar-refractivity contribution in [2.45, 2.75) is 13.1 Å². The number of para-hydroxylation sites is 1. The quantitative estimate of drug-likeness (QED) is 0.367. The Bertz CT molecular complexity index is 1410. The number of fused-ring (bicyclic) bond motifs is 1. The van der Waals surface area contributed by atoms with Gasteiger partial charge < -0.3 is 15.1 Å². The van der Waals surface area contributed by atoms with E-state index in [2.05, 4.69) is 10.3 Å². The number of nitrogens with zero attached hydrogens (tertiary/aromatic N) is 5. The molecule has 1 N–H and O–H groups in total. The minimum absolute atomic E-state index is 0.0234. The number of amides is 1. The molecule has 0 radical (unpaired) electrons. The molecule has 1 aliphatic rings. The van der Waals surface area contributed by atoms with E-state index >= 15 is 0 Å². The highest BCUT2D eigenvalue weighted by Crippen LogP contribution is 2.37. The molecule has 1 amide bonds. The number of nitrogens with one attached hydrogen (secondary N) is 1. The van der Waals surface area contributed by atoms with Crippen LogP contribution < -0.4 is 5.32 Å². The molecule has 0 spiro atoms. The average Bonchev–Trinajstić information content (AvgIpc) is 3.28. The van der Waals surface area contributed by atoms with Crippen LogP contribution in [-0.2, 0) is 17.9 Å². The SMILES string of the molecule is CN(C)C/C=C/C(=O)N1CCn2nc(-c3ccc(F)cc3)c(-c3ccnc(Nc4ccccc4)c3)c2C1. The highest BCUT2D eigenvalue weighted by Gasteiger charge is 2.27. The predicted molar refractivity (Wildman–Crippen MR) is 144 cm³/mol. The Morgan fingerprint density at radius 2 is 1.84 bits per heavy atom. The normalized spacial score (nSPS) is 13.2. The van der Waals surface area contributed by atoms with Gasteiger partial charge in [-0.2, -0.15) is 5.10 Å². The number of carbonyl (C=O) groups excluding carboxylic acids is 1. The second-order valence-corrected chi connectivity index (χ2v) is 9.25. The molecule has 37 heavy (non-hydrogen) atoms. The molecule has 2 aromatic carbocycles. The molecular formula is C29H29FN6O. The van der Waals surface area contributed by atoms with Crippen molar-refractivity contribution >= 4 is 17.4 Å². The van der Waals surface area contributed by atoms with Gasteiger partial charge in [-0.25, -0.2) is 9.37 Å². The van der Waals surface area contributed by atoms with Gasteiger partial charge >= 0.3 is 0 Å². The fraction of sp³-hybridized carbons (Fsp3) is 0.207. The zero-order valence-corrected chi connectivity index (χ0v) is 20.9. The van der Waals surface area contributed by atoms with E-state index in [0.717, 1.165) is 33.8 Å². The smallest absolute Gasteiger partial charge is 0.246 e. The van der Waals surface area contributed by atoms with E-state index in [9.17, 15) is 9.18 Å². The van der Waals surface area contributed by atoms with Gasteiger partial charge in [-0.3, -0.25) is 9.48 Å².